The van der Waals surface area contributed by atoms with Gasteiger partial charge >= 0.3 is 24.4 Å². The Hall–Kier alpha value is -2.32. The van der Waals surface area contributed by atoms with Crippen LogP contribution in [0, 0.1) is 0 Å². The molecule has 1 atom stereocenters. The highest BCUT2D eigenvalue weighted by Crippen LogP contribution is 2.28. The average Bonchev–Trinajstić information content (AvgIpc) is 2.52. The molecule has 1 aromatic rings. The van der Waals surface area contributed by atoms with Gasteiger partial charge in [-0.2, -0.15) is 0 Å². The summed E-state index contributed by atoms with van der Waals surface area (Å²) in [4.78, 5) is 22.9. The molecule has 1 amide bonds. The van der Waals surface area contributed by atoms with Crippen LogP contribution in [0.3, 0.4) is 0 Å². The molecule has 1 aromatic carbocycles. The minimum absolute atomic E-state index is 0.175. The van der Waals surface area contributed by atoms with Gasteiger partial charge in [-0.3, -0.25) is 0 Å². The van der Waals surface area contributed by atoms with E-state index in [9.17, 15) is 27.2 Å². The average molecular weight is 337 g/mol. The zero-order valence-electron chi connectivity index (χ0n) is 12.1. The molecule has 1 rings (SSSR count). The minimum atomic E-state index is -4.45. The molecule has 0 aliphatic heterocycles. The van der Waals surface area contributed by atoms with E-state index in [1.165, 1.54) is 0 Å². The van der Waals surface area contributed by atoms with Gasteiger partial charge in [-0.05, 0) is 5.56 Å². The molecule has 0 saturated carbocycles. The highest BCUT2D eigenvalue weighted by molar-refractivity contribution is 5.81. The fourth-order valence-electron chi connectivity index (χ4n) is 1.60. The molecule has 23 heavy (non-hydrogen) atoms. The minimum Gasteiger partial charge on any atom is -0.467 e. The predicted octanol–water partition coefficient (Wildman–Crippen LogP) is 2.74. The van der Waals surface area contributed by atoms with E-state index in [1.54, 1.807) is 35.6 Å². The number of nitrogens with one attached hydrogen (secondary N) is 1. The molecule has 0 aliphatic carbocycles. The number of benzene rings is 1. The molecule has 0 fully saturated rings. The SMILES string of the molecule is COC(=O)[C@H](CC(F)(F)C(F)F)NC(=O)OCc1ccccc1. The zero-order valence-corrected chi connectivity index (χ0v) is 12.1. The number of amides is 1. The standard InChI is InChI=1S/C14H15F4NO4/c1-22-11(20)10(7-14(17,18)12(15)16)19-13(21)23-8-9-5-3-2-4-6-9/h2-6,10,12H,7-8H2,1H3,(H,19,21)/t10-/m0/s1. The Bertz CT molecular complexity index is 525. The lowest BCUT2D eigenvalue weighted by Crippen LogP contribution is -2.46. The lowest BCUT2D eigenvalue weighted by atomic mass is 10.1. The van der Waals surface area contributed by atoms with Gasteiger partial charge in [0.05, 0.1) is 7.11 Å². The summed E-state index contributed by atoms with van der Waals surface area (Å²) < 4.78 is 59.4. The zero-order chi connectivity index (χ0) is 17.5. The number of alkyl halides is 4. The summed E-state index contributed by atoms with van der Waals surface area (Å²) in [5.41, 5.74) is 0.621. The van der Waals surface area contributed by atoms with Crippen LogP contribution >= 0.6 is 0 Å². The van der Waals surface area contributed by atoms with Gasteiger partial charge in [0.25, 0.3) is 0 Å². The van der Waals surface area contributed by atoms with Crippen LogP contribution in [0.2, 0.25) is 0 Å². The summed E-state index contributed by atoms with van der Waals surface area (Å²) in [7, 11) is 0.882. The van der Waals surface area contributed by atoms with E-state index in [-0.39, 0.29) is 6.61 Å². The Morgan fingerprint density at radius 3 is 2.35 bits per heavy atom. The number of carbonyl (C=O) groups excluding carboxylic acids is 2. The van der Waals surface area contributed by atoms with Gasteiger partial charge in [0.15, 0.2) is 0 Å². The summed E-state index contributed by atoms with van der Waals surface area (Å²) in [5.74, 6) is -5.73. The number of alkyl carbamates (subject to hydrolysis) is 1. The van der Waals surface area contributed by atoms with E-state index < -0.39 is 36.9 Å². The van der Waals surface area contributed by atoms with Gasteiger partial charge < -0.3 is 14.8 Å². The number of hydrogen-bond donors (Lipinski definition) is 1. The second kappa shape index (κ2) is 8.35. The maximum Gasteiger partial charge on any atom is 0.408 e. The topological polar surface area (TPSA) is 64.6 Å². The van der Waals surface area contributed by atoms with Gasteiger partial charge in [-0.1, -0.05) is 30.3 Å². The first kappa shape index (κ1) is 18.7. The summed E-state index contributed by atoms with van der Waals surface area (Å²) >= 11 is 0. The number of esters is 1. The Morgan fingerprint density at radius 1 is 1.22 bits per heavy atom. The first-order chi connectivity index (χ1) is 10.8. The summed E-state index contributed by atoms with van der Waals surface area (Å²) in [6.07, 6.45) is -6.77. The molecule has 0 unspecified atom stereocenters. The largest absolute Gasteiger partial charge is 0.467 e. The van der Waals surface area contributed by atoms with Crippen molar-refractivity contribution in [2.24, 2.45) is 0 Å². The van der Waals surface area contributed by atoms with Crippen molar-refractivity contribution >= 4 is 12.1 Å². The first-order valence-corrected chi connectivity index (χ1v) is 6.47. The molecule has 128 valence electrons. The van der Waals surface area contributed by atoms with Crippen molar-refractivity contribution in [1.82, 2.24) is 5.32 Å². The lowest BCUT2D eigenvalue weighted by Gasteiger charge is -2.21. The molecule has 1 N–H and O–H groups in total. The monoisotopic (exact) mass is 337 g/mol. The van der Waals surface area contributed by atoms with Crippen molar-refractivity contribution in [2.45, 2.75) is 31.4 Å². The number of halogens is 4. The Labute approximate surface area is 129 Å². The van der Waals surface area contributed by atoms with Gasteiger partial charge in [0, 0.05) is 6.42 Å². The highest BCUT2D eigenvalue weighted by Gasteiger charge is 2.45. The third-order valence-electron chi connectivity index (χ3n) is 2.79. The third kappa shape index (κ3) is 6.13. The number of rotatable bonds is 7. The van der Waals surface area contributed by atoms with Gasteiger partial charge in [0.1, 0.15) is 12.6 Å². The van der Waals surface area contributed by atoms with Crippen LogP contribution in [0.25, 0.3) is 0 Å². The fraction of sp³-hybridized carbons (Fsp3) is 0.429. The van der Waals surface area contributed by atoms with Crippen molar-refractivity contribution in [3.63, 3.8) is 0 Å². The molecule has 5 nitrogen and oxygen atoms in total. The van der Waals surface area contributed by atoms with E-state index in [0.717, 1.165) is 7.11 Å². The predicted molar refractivity (Wildman–Crippen MR) is 71.1 cm³/mol. The summed E-state index contributed by atoms with van der Waals surface area (Å²) in [6.45, 7) is -0.175. The second-order valence-electron chi connectivity index (χ2n) is 4.55. The third-order valence-corrected chi connectivity index (χ3v) is 2.79. The van der Waals surface area contributed by atoms with Crippen LogP contribution in [-0.4, -0.2) is 37.6 Å². The van der Waals surface area contributed by atoms with Gasteiger partial charge in [0.2, 0.25) is 0 Å². The quantitative estimate of drug-likeness (QED) is 0.614. The van der Waals surface area contributed by atoms with Crippen molar-refractivity contribution in [3.8, 4) is 0 Å². The number of carbonyl (C=O) groups is 2. The summed E-state index contributed by atoms with van der Waals surface area (Å²) in [5, 5.41) is 1.80. The number of methoxy groups -OCH3 is 1. The molecule has 0 spiro atoms. The van der Waals surface area contributed by atoms with E-state index in [2.05, 4.69) is 4.74 Å². The van der Waals surface area contributed by atoms with Crippen LogP contribution in [0.5, 0.6) is 0 Å². The van der Waals surface area contributed by atoms with Crippen LogP contribution in [0.15, 0.2) is 30.3 Å². The van der Waals surface area contributed by atoms with Gasteiger partial charge in [-0.15, -0.1) is 0 Å². The lowest BCUT2D eigenvalue weighted by molar-refractivity contribution is -0.156. The number of hydrogen-bond acceptors (Lipinski definition) is 4. The summed E-state index contributed by atoms with van der Waals surface area (Å²) in [6, 6.07) is 6.47. The molecule has 0 aromatic heterocycles. The highest BCUT2D eigenvalue weighted by atomic mass is 19.3. The van der Waals surface area contributed by atoms with Crippen molar-refractivity contribution < 1.29 is 36.6 Å². The molecule has 0 heterocycles. The van der Waals surface area contributed by atoms with E-state index in [1.807, 2.05) is 0 Å². The molecular weight excluding hydrogens is 322 g/mol. The molecule has 0 saturated heterocycles. The molecule has 0 bridgehead atoms. The maximum atomic E-state index is 13.0. The molecule has 0 radical (unpaired) electrons. The Kier molecular flexibility index (Phi) is 6.80. The molecule has 9 heteroatoms. The van der Waals surface area contributed by atoms with Crippen LogP contribution in [0.4, 0.5) is 22.4 Å². The van der Waals surface area contributed by atoms with Crippen LogP contribution < -0.4 is 5.32 Å². The van der Waals surface area contributed by atoms with Gasteiger partial charge in [-0.25, -0.2) is 27.2 Å². The van der Waals surface area contributed by atoms with Crippen molar-refractivity contribution in [3.05, 3.63) is 35.9 Å². The number of ether oxygens (including phenoxy) is 2. The second-order valence-corrected chi connectivity index (χ2v) is 4.55. The Balaban J connectivity index is 2.62. The van der Waals surface area contributed by atoms with Crippen molar-refractivity contribution in [2.75, 3.05) is 7.11 Å². The molecular formula is C14H15F4NO4. The smallest absolute Gasteiger partial charge is 0.408 e. The molecule has 0 aliphatic rings. The normalized spacial score (nSPS) is 12.6. The van der Waals surface area contributed by atoms with Crippen molar-refractivity contribution in [1.29, 1.82) is 0 Å². The first-order valence-electron chi connectivity index (χ1n) is 6.47. The van der Waals surface area contributed by atoms with Crippen LogP contribution in [-0.2, 0) is 20.9 Å². The maximum absolute atomic E-state index is 13.0. The van der Waals surface area contributed by atoms with Crippen LogP contribution in [0.1, 0.15) is 12.0 Å². The van der Waals surface area contributed by atoms with E-state index >= 15 is 0 Å². The Morgan fingerprint density at radius 2 is 1.83 bits per heavy atom. The van der Waals surface area contributed by atoms with E-state index in [4.69, 9.17) is 4.74 Å². The fourth-order valence-corrected chi connectivity index (χ4v) is 1.60. The van der Waals surface area contributed by atoms with E-state index in [0.29, 0.717) is 5.56 Å².